The van der Waals surface area contributed by atoms with Crippen molar-refractivity contribution in [1.29, 1.82) is 0 Å². The maximum absolute atomic E-state index is 9.66. The van der Waals surface area contributed by atoms with Crippen molar-refractivity contribution in [1.82, 2.24) is 9.97 Å². The van der Waals surface area contributed by atoms with Crippen molar-refractivity contribution in [2.45, 2.75) is 13.8 Å². The number of hydrogen-bond donors (Lipinski definition) is 2. The number of nitrogens with one attached hydrogen (secondary N) is 1. The summed E-state index contributed by atoms with van der Waals surface area (Å²) in [5.74, 6) is 2.54. The molecule has 0 unspecified atom stereocenters. The largest absolute Gasteiger partial charge is 0.508 e. The number of anilines is 2. The molecule has 0 saturated carbocycles. The van der Waals surface area contributed by atoms with Crippen LogP contribution in [0.25, 0.3) is 21.3 Å². The molecule has 0 amide bonds. The molecule has 0 spiro atoms. The van der Waals surface area contributed by atoms with Gasteiger partial charge < -0.3 is 15.2 Å². The van der Waals surface area contributed by atoms with Crippen LogP contribution in [0.5, 0.6) is 11.5 Å². The highest BCUT2D eigenvalue weighted by Crippen LogP contribution is 2.38. The Labute approximate surface area is 161 Å². The number of fused-ring (bicyclic) bond motifs is 1. The lowest BCUT2D eigenvalue weighted by atomic mass is 10.1. The van der Waals surface area contributed by atoms with Crippen LogP contribution in [0.4, 0.5) is 11.5 Å². The molecule has 4 rings (SSSR count). The minimum Gasteiger partial charge on any atom is -0.508 e. The van der Waals surface area contributed by atoms with E-state index in [1.807, 2.05) is 44.2 Å². The van der Waals surface area contributed by atoms with Crippen molar-refractivity contribution in [3.63, 3.8) is 0 Å². The second-order valence-electron chi connectivity index (χ2n) is 6.30. The number of aromatic hydroxyl groups is 1. The third-order valence-electron chi connectivity index (χ3n) is 4.41. The SMILES string of the molecule is COc1ccc(-c2csc3nc(C)nc(Nc4ccc(O)cc4C)c23)cc1. The quantitative estimate of drug-likeness (QED) is 0.464. The van der Waals surface area contributed by atoms with Gasteiger partial charge in [0.2, 0.25) is 0 Å². The fourth-order valence-corrected chi connectivity index (χ4v) is 4.03. The number of phenols is 1. The van der Waals surface area contributed by atoms with Crippen LogP contribution in [0.15, 0.2) is 47.8 Å². The molecule has 0 fully saturated rings. The Hall–Kier alpha value is -3.12. The molecule has 2 aromatic carbocycles. The molecule has 2 aromatic heterocycles. The fraction of sp³-hybridized carbons (Fsp3) is 0.143. The summed E-state index contributed by atoms with van der Waals surface area (Å²) in [6.45, 7) is 3.84. The van der Waals surface area contributed by atoms with E-state index >= 15 is 0 Å². The Kier molecular flexibility index (Phi) is 4.41. The molecule has 0 bridgehead atoms. The summed E-state index contributed by atoms with van der Waals surface area (Å²) in [7, 11) is 1.66. The Bertz CT molecular complexity index is 1120. The summed E-state index contributed by atoms with van der Waals surface area (Å²) in [4.78, 5) is 10.2. The Morgan fingerprint density at radius 2 is 1.81 bits per heavy atom. The summed E-state index contributed by atoms with van der Waals surface area (Å²) in [5.41, 5.74) is 4.01. The molecular weight excluding hydrogens is 358 g/mol. The molecule has 0 aliphatic carbocycles. The van der Waals surface area contributed by atoms with Gasteiger partial charge in [-0.05, 0) is 55.3 Å². The zero-order valence-corrected chi connectivity index (χ0v) is 16.1. The van der Waals surface area contributed by atoms with Gasteiger partial charge in [0.05, 0.1) is 12.5 Å². The maximum Gasteiger partial charge on any atom is 0.143 e. The number of hydrogen-bond acceptors (Lipinski definition) is 6. The molecule has 136 valence electrons. The van der Waals surface area contributed by atoms with Crippen molar-refractivity contribution in [3.05, 3.63) is 59.2 Å². The van der Waals surface area contributed by atoms with E-state index in [2.05, 4.69) is 20.7 Å². The van der Waals surface area contributed by atoms with Gasteiger partial charge in [0, 0.05) is 16.6 Å². The fourth-order valence-electron chi connectivity index (χ4n) is 3.04. The van der Waals surface area contributed by atoms with E-state index in [1.165, 1.54) is 0 Å². The summed E-state index contributed by atoms with van der Waals surface area (Å²) >= 11 is 1.60. The van der Waals surface area contributed by atoms with Gasteiger partial charge in [-0.15, -0.1) is 11.3 Å². The zero-order valence-electron chi connectivity index (χ0n) is 15.3. The number of phenolic OH excluding ortho intramolecular Hbond substituents is 1. The number of thiophene rings is 1. The minimum absolute atomic E-state index is 0.247. The average molecular weight is 377 g/mol. The number of benzene rings is 2. The highest BCUT2D eigenvalue weighted by molar-refractivity contribution is 7.17. The molecule has 0 aliphatic rings. The van der Waals surface area contributed by atoms with E-state index in [-0.39, 0.29) is 5.75 Å². The van der Waals surface area contributed by atoms with Crippen molar-refractivity contribution >= 4 is 33.1 Å². The van der Waals surface area contributed by atoms with Gasteiger partial charge in [0.15, 0.2) is 0 Å². The number of aryl methyl sites for hydroxylation is 2. The van der Waals surface area contributed by atoms with Crippen molar-refractivity contribution < 1.29 is 9.84 Å². The molecular formula is C21H19N3O2S. The molecule has 27 heavy (non-hydrogen) atoms. The first-order valence-electron chi connectivity index (χ1n) is 8.52. The Morgan fingerprint density at radius 1 is 1.04 bits per heavy atom. The maximum atomic E-state index is 9.66. The van der Waals surface area contributed by atoms with E-state index in [4.69, 9.17) is 4.74 Å². The first kappa shape index (κ1) is 17.3. The number of nitrogens with zero attached hydrogens (tertiary/aromatic N) is 2. The molecule has 2 heterocycles. The second kappa shape index (κ2) is 6.89. The van der Waals surface area contributed by atoms with Crippen molar-refractivity contribution in [2.24, 2.45) is 0 Å². The van der Waals surface area contributed by atoms with Crippen LogP contribution in [-0.4, -0.2) is 22.2 Å². The summed E-state index contributed by atoms with van der Waals surface area (Å²) in [6.07, 6.45) is 0. The lowest BCUT2D eigenvalue weighted by molar-refractivity contribution is 0.415. The molecule has 6 heteroatoms. The zero-order chi connectivity index (χ0) is 19.0. The van der Waals surface area contributed by atoms with Gasteiger partial charge in [-0.3, -0.25) is 0 Å². The number of methoxy groups -OCH3 is 1. The predicted molar refractivity (Wildman–Crippen MR) is 110 cm³/mol. The number of rotatable bonds is 4. The topological polar surface area (TPSA) is 67.3 Å². The highest BCUT2D eigenvalue weighted by Gasteiger charge is 2.15. The molecule has 0 radical (unpaired) electrons. The third-order valence-corrected chi connectivity index (χ3v) is 5.28. The van der Waals surface area contributed by atoms with Gasteiger partial charge in [-0.1, -0.05) is 12.1 Å². The van der Waals surface area contributed by atoms with Gasteiger partial charge in [0.1, 0.15) is 28.0 Å². The average Bonchev–Trinajstić information content (AvgIpc) is 3.08. The van der Waals surface area contributed by atoms with E-state index in [9.17, 15) is 5.11 Å². The van der Waals surface area contributed by atoms with Crippen LogP contribution in [0.2, 0.25) is 0 Å². The minimum atomic E-state index is 0.247. The third kappa shape index (κ3) is 3.31. The molecule has 2 N–H and O–H groups in total. The second-order valence-corrected chi connectivity index (χ2v) is 7.16. The van der Waals surface area contributed by atoms with Crippen molar-refractivity contribution in [3.8, 4) is 22.6 Å². The lowest BCUT2D eigenvalue weighted by Crippen LogP contribution is -1.99. The van der Waals surface area contributed by atoms with Crippen LogP contribution >= 0.6 is 11.3 Å². The van der Waals surface area contributed by atoms with Crippen LogP contribution in [0.1, 0.15) is 11.4 Å². The van der Waals surface area contributed by atoms with Crippen LogP contribution in [0, 0.1) is 13.8 Å². The molecule has 0 saturated heterocycles. The first-order valence-corrected chi connectivity index (χ1v) is 9.40. The Morgan fingerprint density at radius 3 is 2.52 bits per heavy atom. The molecule has 0 atom stereocenters. The number of aromatic nitrogens is 2. The monoisotopic (exact) mass is 377 g/mol. The van der Waals surface area contributed by atoms with Gasteiger partial charge >= 0.3 is 0 Å². The van der Waals surface area contributed by atoms with Crippen LogP contribution in [0.3, 0.4) is 0 Å². The predicted octanol–water partition coefficient (Wildman–Crippen LogP) is 5.43. The van der Waals surface area contributed by atoms with Crippen LogP contribution < -0.4 is 10.1 Å². The normalized spacial score (nSPS) is 10.9. The molecule has 4 aromatic rings. The first-order chi connectivity index (χ1) is 13.0. The van der Waals surface area contributed by atoms with Crippen LogP contribution in [-0.2, 0) is 0 Å². The standard InChI is InChI=1S/C21H19N3O2S/c1-12-10-15(25)6-9-18(12)24-20-19-17(11-27-21(19)23-13(2)22-20)14-4-7-16(26-3)8-5-14/h4-11,25H,1-3H3,(H,22,23,24). The summed E-state index contributed by atoms with van der Waals surface area (Å²) < 4.78 is 5.26. The van der Waals surface area contributed by atoms with Gasteiger partial charge in [-0.25, -0.2) is 9.97 Å². The lowest BCUT2D eigenvalue weighted by Gasteiger charge is -2.12. The van der Waals surface area contributed by atoms with Crippen molar-refractivity contribution in [2.75, 3.05) is 12.4 Å². The summed E-state index contributed by atoms with van der Waals surface area (Å²) in [6, 6.07) is 13.2. The van der Waals surface area contributed by atoms with Gasteiger partial charge in [0.25, 0.3) is 0 Å². The molecule has 5 nitrogen and oxygen atoms in total. The van der Waals surface area contributed by atoms with E-state index in [0.29, 0.717) is 5.82 Å². The highest BCUT2D eigenvalue weighted by atomic mass is 32.1. The smallest absolute Gasteiger partial charge is 0.143 e. The Balaban J connectivity index is 1.85. The number of ether oxygens (including phenoxy) is 1. The van der Waals surface area contributed by atoms with E-state index in [0.717, 1.165) is 44.2 Å². The van der Waals surface area contributed by atoms with Gasteiger partial charge in [-0.2, -0.15) is 0 Å². The summed E-state index contributed by atoms with van der Waals surface area (Å²) in [5, 5.41) is 16.2. The van der Waals surface area contributed by atoms with E-state index < -0.39 is 0 Å². The van der Waals surface area contributed by atoms with E-state index in [1.54, 1.807) is 30.6 Å². The molecule has 0 aliphatic heterocycles.